The third kappa shape index (κ3) is 2.40. The number of rotatable bonds is 2. The first kappa shape index (κ1) is 12.0. The Hall–Kier alpha value is -2.06. The molecule has 2 N–H and O–H groups in total. The van der Waals surface area contributed by atoms with Crippen LogP contribution in [0.15, 0.2) is 54.7 Å². The van der Waals surface area contributed by atoms with Crippen LogP contribution in [0.4, 0.5) is 5.69 Å². The number of nitrogens with zero attached hydrogens (tertiary/aromatic N) is 1. The van der Waals surface area contributed by atoms with E-state index in [-0.39, 0.29) is 0 Å². The Morgan fingerprint density at radius 3 is 2.68 bits per heavy atom. The number of anilines is 1. The minimum absolute atomic E-state index is 0.667. The normalized spacial score (nSPS) is 10.8. The summed E-state index contributed by atoms with van der Waals surface area (Å²) in [5.74, 6) is 0. The summed E-state index contributed by atoms with van der Waals surface area (Å²) in [5.41, 5.74) is 10.1. The van der Waals surface area contributed by atoms with Crippen LogP contribution < -0.4 is 5.73 Å². The Kier molecular flexibility index (Phi) is 3.10. The molecule has 0 amide bonds. The second-order valence-corrected chi connectivity index (χ2v) is 4.94. The SMILES string of the molecule is Nc1cc(Cl)ccc1Cc1ccnc2ccccc12. The second-order valence-electron chi connectivity index (χ2n) is 4.51. The van der Waals surface area contributed by atoms with E-state index < -0.39 is 0 Å². The van der Waals surface area contributed by atoms with E-state index in [0.717, 1.165) is 23.2 Å². The Labute approximate surface area is 116 Å². The zero-order valence-corrected chi connectivity index (χ0v) is 11.1. The Bertz CT molecular complexity index is 732. The average molecular weight is 269 g/mol. The number of nitrogen functional groups attached to an aromatic ring is 1. The first-order valence-electron chi connectivity index (χ1n) is 6.10. The van der Waals surface area contributed by atoms with Crippen molar-refractivity contribution in [1.82, 2.24) is 4.98 Å². The van der Waals surface area contributed by atoms with Crippen molar-refractivity contribution in [3.05, 3.63) is 70.9 Å². The van der Waals surface area contributed by atoms with Gasteiger partial charge in [0.05, 0.1) is 5.52 Å². The average Bonchev–Trinajstić information content (AvgIpc) is 2.42. The van der Waals surface area contributed by atoms with Crippen LogP contribution in [0.2, 0.25) is 5.02 Å². The standard InChI is InChI=1S/C16H13ClN2/c17-13-6-5-12(15(18)10-13)9-11-7-8-19-16-4-2-1-3-14(11)16/h1-8,10H,9,18H2. The van der Waals surface area contributed by atoms with E-state index in [9.17, 15) is 0 Å². The summed E-state index contributed by atoms with van der Waals surface area (Å²) >= 11 is 5.92. The second kappa shape index (κ2) is 4.90. The molecule has 19 heavy (non-hydrogen) atoms. The minimum Gasteiger partial charge on any atom is -0.398 e. The van der Waals surface area contributed by atoms with Crippen LogP contribution in [0.3, 0.4) is 0 Å². The Balaban J connectivity index is 2.06. The summed E-state index contributed by atoms with van der Waals surface area (Å²) < 4.78 is 0. The summed E-state index contributed by atoms with van der Waals surface area (Å²) in [6.45, 7) is 0. The van der Waals surface area contributed by atoms with Gasteiger partial charge in [-0.2, -0.15) is 0 Å². The fourth-order valence-electron chi connectivity index (χ4n) is 2.24. The van der Waals surface area contributed by atoms with Crippen LogP contribution in [0.5, 0.6) is 0 Å². The van der Waals surface area contributed by atoms with Crippen LogP contribution >= 0.6 is 11.6 Å². The molecular formula is C16H13ClN2. The van der Waals surface area contributed by atoms with Crippen molar-refractivity contribution in [2.45, 2.75) is 6.42 Å². The van der Waals surface area contributed by atoms with Crippen molar-refractivity contribution in [3.63, 3.8) is 0 Å². The highest BCUT2D eigenvalue weighted by atomic mass is 35.5. The lowest BCUT2D eigenvalue weighted by Gasteiger charge is -2.08. The van der Waals surface area contributed by atoms with Crippen molar-refractivity contribution >= 4 is 28.2 Å². The number of hydrogen-bond acceptors (Lipinski definition) is 2. The summed E-state index contributed by atoms with van der Waals surface area (Å²) in [6.07, 6.45) is 2.62. The van der Waals surface area contributed by atoms with Crippen LogP contribution in [0, 0.1) is 0 Å². The number of fused-ring (bicyclic) bond motifs is 1. The lowest BCUT2D eigenvalue weighted by molar-refractivity contribution is 1.20. The van der Waals surface area contributed by atoms with Gasteiger partial charge in [-0.3, -0.25) is 4.98 Å². The summed E-state index contributed by atoms with van der Waals surface area (Å²) in [4.78, 5) is 4.37. The van der Waals surface area contributed by atoms with E-state index >= 15 is 0 Å². The van der Waals surface area contributed by atoms with Crippen LogP contribution in [0.1, 0.15) is 11.1 Å². The number of para-hydroxylation sites is 1. The van der Waals surface area contributed by atoms with Gasteiger partial charge in [0.2, 0.25) is 0 Å². The molecule has 0 unspecified atom stereocenters. The van der Waals surface area contributed by atoms with Crippen molar-refractivity contribution in [1.29, 1.82) is 0 Å². The van der Waals surface area contributed by atoms with Gasteiger partial charge in [0, 0.05) is 28.7 Å². The number of nitrogens with two attached hydrogens (primary N) is 1. The van der Waals surface area contributed by atoms with E-state index in [1.807, 2.05) is 42.6 Å². The molecule has 1 heterocycles. The fraction of sp³-hybridized carbons (Fsp3) is 0.0625. The highest BCUT2D eigenvalue weighted by Crippen LogP contribution is 2.24. The highest BCUT2D eigenvalue weighted by molar-refractivity contribution is 6.30. The van der Waals surface area contributed by atoms with E-state index in [0.29, 0.717) is 5.02 Å². The molecule has 0 saturated carbocycles. The van der Waals surface area contributed by atoms with Gasteiger partial charge in [0.1, 0.15) is 0 Å². The smallest absolute Gasteiger partial charge is 0.0704 e. The quantitative estimate of drug-likeness (QED) is 0.712. The van der Waals surface area contributed by atoms with Gasteiger partial charge in [0.15, 0.2) is 0 Å². The van der Waals surface area contributed by atoms with E-state index in [1.54, 1.807) is 6.07 Å². The number of halogens is 1. The van der Waals surface area contributed by atoms with Gasteiger partial charge in [-0.1, -0.05) is 35.9 Å². The molecule has 2 aromatic carbocycles. The number of hydrogen-bond donors (Lipinski definition) is 1. The lowest BCUT2D eigenvalue weighted by atomic mass is 10.0. The minimum atomic E-state index is 0.667. The summed E-state index contributed by atoms with van der Waals surface area (Å²) in [5, 5.41) is 1.83. The lowest BCUT2D eigenvalue weighted by Crippen LogP contribution is -1.97. The van der Waals surface area contributed by atoms with Crippen LogP contribution in [0.25, 0.3) is 10.9 Å². The van der Waals surface area contributed by atoms with Crippen molar-refractivity contribution < 1.29 is 0 Å². The van der Waals surface area contributed by atoms with Gasteiger partial charge >= 0.3 is 0 Å². The molecule has 0 aliphatic rings. The molecule has 0 aliphatic carbocycles. The first-order valence-corrected chi connectivity index (χ1v) is 6.48. The highest BCUT2D eigenvalue weighted by Gasteiger charge is 2.05. The van der Waals surface area contributed by atoms with Crippen LogP contribution in [-0.4, -0.2) is 4.98 Å². The van der Waals surface area contributed by atoms with E-state index in [2.05, 4.69) is 11.1 Å². The molecule has 0 atom stereocenters. The maximum atomic E-state index is 6.01. The Morgan fingerprint density at radius 2 is 1.84 bits per heavy atom. The molecule has 3 heteroatoms. The topological polar surface area (TPSA) is 38.9 Å². The number of pyridine rings is 1. The number of aromatic nitrogens is 1. The Morgan fingerprint density at radius 1 is 1.00 bits per heavy atom. The molecule has 0 bridgehead atoms. The van der Waals surface area contributed by atoms with Crippen molar-refractivity contribution in [2.75, 3.05) is 5.73 Å². The van der Waals surface area contributed by atoms with Gasteiger partial charge in [-0.05, 0) is 35.4 Å². The van der Waals surface area contributed by atoms with E-state index in [4.69, 9.17) is 17.3 Å². The van der Waals surface area contributed by atoms with Crippen molar-refractivity contribution in [3.8, 4) is 0 Å². The van der Waals surface area contributed by atoms with Crippen molar-refractivity contribution in [2.24, 2.45) is 0 Å². The summed E-state index contributed by atoms with van der Waals surface area (Å²) in [6, 6.07) is 15.8. The predicted octanol–water partition coefficient (Wildman–Crippen LogP) is 4.06. The zero-order valence-electron chi connectivity index (χ0n) is 10.3. The predicted molar refractivity (Wildman–Crippen MR) is 80.4 cm³/mol. The summed E-state index contributed by atoms with van der Waals surface area (Å²) in [7, 11) is 0. The molecule has 1 aromatic heterocycles. The maximum absolute atomic E-state index is 6.01. The zero-order chi connectivity index (χ0) is 13.2. The largest absolute Gasteiger partial charge is 0.398 e. The molecule has 2 nitrogen and oxygen atoms in total. The monoisotopic (exact) mass is 268 g/mol. The first-order chi connectivity index (χ1) is 9.24. The maximum Gasteiger partial charge on any atom is 0.0704 e. The van der Waals surface area contributed by atoms with Gasteiger partial charge in [-0.15, -0.1) is 0 Å². The molecule has 0 saturated heterocycles. The molecule has 94 valence electrons. The van der Waals surface area contributed by atoms with Gasteiger partial charge < -0.3 is 5.73 Å². The third-order valence-corrected chi connectivity index (χ3v) is 3.46. The third-order valence-electron chi connectivity index (χ3n) is 3.23. The fourth-order valence-corrected chi connectivity index (χ4v) is 2.42. The molecule has 0 aliphatic heterocycles. The molecule has 0 spiro atoms. The van der Waals surface area contributed by atoms with Gasteiger partial charge in [0.25, 0.3) is 0 Å². The van der Waals surface area contributed by atoms with Gasteiger partial charge in [-0.25, -0.2) is 0 Å². The van der Waals surface area contributed by atoms with Crippen LogP contribution in [-0.2, 0) is 6.42 Å². The molecule has 0 fully saturated rings. The molecule has 3 aromatic rings. The number of benzene rings is 2. The molecule has 0 radical (unpaired) electrons. The van der Waals surface area contributed by atoms with E-state index in [1.165, 1.54) is 10.9 Å². The molecular weight excluding hydrogens is 256 g/mol. The molecule has 3 rings (SSSR count).